The topological polar surface area (TPSA) is 82.8 Å². The molecule has 0 spiro atoms. The molecule has 6 heteroatoms. The molecule has 0 aliphatic heterocycles. The van der Waals surface area contributed by atoms with Crippen LogP contribution in [-0.2, 0) is 11.2 Å². The van der Waals surface area contributed by atoms with Crippen LogP contribution in [0, 0.1) is 0 Å². The summed E-state index contributed by atoms with van der Waals surface area (Å²) in [5.74, 6) is -0.112. The fourth-order valence-corrected chi connectivity index (χ4v) is 1.25. The molecular weight excluding hydrogens is 224 g/mol. The molecule has 0 aliphatic rings. The highest BCUT2D eigenvalue weighted by Crippen LogP contribution is 1.99. The zero-order valence-corrected chi connectivity index (χ0v) is 9.68. The molecule has 0 bridgehead atoms. The average molecular weight is 240 g/mol. The molecule has 17 heavy (non-hydrogen) atoms. The van der Waals surface area contributed by atoms with Crippen LogP contribution < -0.4 is 5.32 Å². The first-order chi connectivity index (χ1) is 8.09. The predicted molar refractivity (Wildman–Crippen MR) is 60.7 cm³/mol. The molecule has 1 aromatic rings. The maximum absolute atomic E-state index is 11.5. The number of furan rings is 1. The molecule has 2 N–H and O–H groups in total. The van der Waals surface area contributed by atoms with E-state index in [0.717, 1.165) is 5.76 Å². The number of nitrogens with zero attached hydrogens (tertiary/aromatic N) is 1. The van der Waals surface area contributed by atoms with Crippen molar-refractivity contribution in [2.75, 3.05) is 20.1 Å². The van der Waals surface area contributed by atoms with Crippen molar-refractivity contribution in [3.8, 4) is 0 Å². The van der Waals surface area contributed by atoms with Crippen LogP contribution in [0.15, 0.2) is 22.8 Å². The lowest BCUT2D eigenvalue weighted by Crippen LogP contribution is -2.39. The van der Waals surface area contributed by atoms with E-state index < -0.39 is 5.97 Å². The van der Waals surface area contributed by atoms with Gasteiger partial charge in [0.15, 0.2) is 0 Å². The fourth-order valence-electron chi connectivity index (χ4n) is 1.25. The van der Waals surface area contributed by atoms with E-state index in [4.69, 9.17) is 9.52 Å². The number of rotatable bonds is 6. The number of hydrogen-bond acceptors (Lipinski definition) is 3. The molecule has 0 fully saturated rings. The van der Waals surface area contributed by atoms with Crippen LogP contribution in [0.2, 0.25) is 0 Å². The van der Waals surface area contributed by atoms with Crippen molar-refractivity contribution in [2.24, 2.45) is 0 Å². The Labute approximate surface area is 99.2 Å². The lowest BCUT2D eigenvalue weighted by molar-refractivity contribution is -0.137. The third kappa shape index (κ3) is 5.05. The van der Waals surface area contributed by atoms with E-state index in [0.29, 0.717) is 13.0 Å². The van der Waals surface area contributed by atoms with E-state index in [2.05, 4.69) is 5.32 Å². The van der Waals surface area contributed by atoms with Crippen LogP contribution in [-0.4, -0.2) is 42.1 Å². The number of amides is 2. The zero-order chi connectivity index (χ0) is 12.7. The number of carbonyl (C=O) groups is 2. The van der Waals surface area contributed by atoms with Crippen LogP contribution in [0.5, 0.6) is 0 Å². The minimum Gasteiger partial charge on any atom is -0.481 e. The summed E-state index contributed by atoms with van der Waals surface area (Å²) in [5.41, 5.74) is 0. The molecule has 1 heterocycles. The zero-order valence-electron chi connectivity index (χ0n) is 9.68. The molecule has 0 saturated heterocycles. The van der Waals surface area contributed by atoms with Gasteiger partial charge in [-0.05, 0) is 12.1 Å². The second-order valence-corrected chi connectivity index (χ2v) is 3.63. The van der Waals surface area contributed by atoms with E-state index in [1.807, 2.05) is 6.07 Å². The smallest absolute Gasteiger partial charge is 0.317 e. The van der Waals surface area contributed by atoms with Crippen molar-refractivity contribution in [1.29, 1.82) is 0 Å². The number of carboxylic acids is 1. The van der Waals surface area contributed by atoms with Gasteiger partial charge in [0.05, 0.1) is 12.7 Å². The van der Waals surface area contributed by atoms with Gasteiger partial charge >= 0.3 is 12.0 Å². The van der Waals surface area contributed by atoms with Crippen molar-refractivity contribution >= 4 is 12.0 Å². The lowest BCUT2D eigenvalue weighted by Gasteiger charge is -2.16. The van der Waals surface area contributed by atoms with E-state index >= 15 is 0 Å². The van der Waals surface area contributed by atoms with Gasteiger partial charge in [-0.15, -0.1) is 0 Å². The van der Waals surface area contributed by atoms with Gasteiger partial charge < -0.3 is 19.7 Å². The van der Waals surface area contributed by atoms with Crippen LogP contribution in [0.25, 0.3) is 0 Å². The third-order valence-electron chi connectivity index (χ3n) is 2.24. The molecule has 1 aromatic heterocycles. The first kappa shape index (κ1) is 13.1. The summed E-state index contributed by atoms with van der Waals surface area (Å²) in [6.45, 7) is 0.658. The van der Waals surface area contributed by atoms with Crippen molar-refractivity contribution in [1.82, 2.24) is 10.2 Å². The van der Waals surface area contributed by atoms with Crippen molar-refractivity contribution < 1.29 is 19.1 Å². The summed E-state index contributed by atoms with van der Waals surface area (Å²) in [6, 6.07) is 3.34. The van der Waals surface area contributed by atoms with Crippen molar-refractivity contribution in [3.05, 3.63) is 24.2 Å². The first-order valence-electron chi connectivity index (χ1n) is 5.32. The van der Waals surface area contributed by atoms with Gasteiger partial charge in [0.2, 0.25) is 0 Å². The Morgan fingerprint density at radius 2 is 2.29 bits per heavy atom. The summed E-state index contributed by atoms with van der Waals surface area (Å²) in [6.07, 6.45) is 2.14. The Balaban J connectivity index is 2.17. The average Bonchev–Trinajstić information content (AvgIpc) is 2.78. The molecule has 0 atom stereocenters. The fraction of sp³-hybridized carbons (Fsp3) is 0.455. The van der Waals surface area contributed by atoms with Gasteiger partial charge in [-0.25, -0.2) is 4.79 Å². The summed E-state index contributed by atoms with van der Waals surface area (Å²) >= 11 is 0. The number of hydrogen-bond donors (Lipinski definition) is 2. The highest BCUT2D eigenvalue weighted by atomic mass is 16.4. The van der Waals surface area contributed by atoms with Gasteiger partial charge in [0.1, 0.15) is 5.76 Å². The third-order valence-corrected chi connectivity index (χ3v) is 2.24. The molecular formula is C11H16N2O4. The molecule has 0 saturated carbocycles. The van der Waals surface area contributed by atoms with E-state index in [1.54, 1.807) is 19.4 Å². The number of nitrogens with one attached hydrogen (secondary N) is 1. The van der Waals surface area contributed by atoms with E-state index in [1.165, 1.54) is 4.90 Å². The summed E-state index contributed by atoms with van der Waals surface area (Å²) < 4.78 is 5.11. The molecule has 0 aromatic carbocycles. The number of carbonyl (C=O) groups excluding carboxylic acids is 1. The van der Waals surface area contributed by atoms with Crippen LogP contribution in [0.1, 0.15) is 12.2 Å². The SMILES string of the molecule is CN(CCC(=O)O)C(=O)NCCc1ccco1. The molecule has 1 rings (SSSR count). The minimum atomic E-state index is -0.916. The number of urea groups is 1. The second kappa shape index (κ2) is 6.57. The normalized spacial score (nSPS) is 9.94. The first-order valence-corrected chi connectivity index (χ1v) is 5.32. The predicted octanol–water partition coefficient (Wildman–Crippen LogP) is 0.938. The van der Waals surface area contributed by atoms with Crippen LogP contribution in [0.3, 0.4) is 0 Å². The highest BCUT2D eigenvalue weighted by Gasteiger charge is 2.09. The molecule has 94 valence electrons. The molecule has 6 nitrogen and oxygen atoms in total. The summed E-state index contributed by atoms with van der Waals surface area (Å²) in [7, 11) is 1.56. The molecule has 0 unspecified atom stereocenters. The Bertz CT molecular complexity index is 362. The van der Waals surface area contributed by atoms with Crippen LogP contribution >= 0.6 is 0 Å². The number of carboxylic acid groups (broad SMARTS) is 1. The Hall–Kier alpha value is -1.98. The molecule has 0 aliphatic carbocycles. The van der Waals surface area contributed by atoms with Crippen molar-refractivity contribution in [2.45, 2.75) is 12.8 Å². The number of aliphatic carboxylic acids is 1. The van der Waals surface area contributed by atoms with E-state index in [-0.39, 0.29) is 19.0 Å². The molecule has 2 amide bonds. The van der Waals surface area contributed by atoms with Gasteiger partial charge in [0.25, 0.3) is 0 Å². The van der Waals surface area contributed by atoms with Gasteiger partial charge in [0, 0.05) is 26.6 Å². The standard InChI is InChI=1S/C11H16N2O4/c1-13(7-5-10(14)15)11(16)12-6-4-9-3-2-8-17-9/h2-3,8H,4-7H2,1H3,(H,12,16)(H,14,15). The van der Waals surface area contributed by atoms with Gasteiger partial charge in [-0.1, -0.05) is 0 Å². The van der Waals surface area contributed by atoms with E-state index in [9.17, 15) is 9.59 Å². The Morgan fingerprint density at radius 3 is 2.88 bits per heavy atom. The lowest BCUT2D eigenvalue weighted by atomic mass is 10.3. The Morgan fingerprint density at radius 1 is 1.53 bits per heavy atom. The van der Waals surface area contributed by atoms with Gasteiger partial charge in [-0.2, -0.15) is 0 Å². The monoisotopic (exact) mass is 240 g/mol. The maximum atomic E-state index is 11.5. The molecule has 0 radical (unpaired) electrons. The van der Waals surface area contributed by atoms with Gasteiger partial charge in [-0.3, -0.25) is 4.79 Å². The highest BCUT2D eigenvalue weighted by molar-refractivity contribution is 5.74. The van der Waals surface area contributed by atoms with Crippen LogP contribution in [0.4, 0.5) is 4.79 Å². The minimum absolute atomic E-state index is 0.0535. The van der Waals surface area contributed by atoms with Crippen molar-refractivity contribution in [3.63, 3.8) is 0 Å². The summed E-state index contributed by atoms with van der Waals surface area (Å²) in [5, 5.41) is 11.2. The Kier molecular flexibility index (Phi) is 5.06. The second-order valence-electron chi connectivity index (χ2n) is 3.63. The quantitative estimate of drug-likeness (QED) is 0.775. The maximum Gasteiger partial charge on any atom is 0.317 e. The summed E-state index contributed by atoms with van der Waals surface area (Å²) in [4.78, 5) is 23.1. The largest absolute Gasteiger partial charge is 0.481 e.